The van der Waals surface area contributed by atoms with Gasteiger partial charge >= 0.3 is 0 Å². The van der Waals surface area contributed by atoms with E-state index in [0.29, 0.717) is 0 Å². The maximum Gasteiger partial charge on any atom is 0.123 e. The van der Waals surface area contributed by atoms with Gasteiger partial charge in [0, 0.05) is 24.3 Å². The van der Waals surface area contributed by atoms with E-state index in [1.165, 1.54) is 12.1 Å². The van der Waals surface area contributed by atoms with Crippen LogP contribution in [0.15, 0.2) is 24.3 Å². The van der Waals surface area contributed by atoms with Crippen LogP contribution in [0, 0.1) is 5.82 Å². The number of hydrogen-bond donors (Lipinski definition) is 1. The molecular formula is C14H23FN2. The second-order valence-electron chi connectivity index (χ2n) is 4.89. The van der Waals surface area contributed by atoms with Gasteiger partial charge in [-0.1, -0.05) is 13.3 Å². The van der Waals surface area contributed by atoms with Crippen LogP contribution < -0.4 is 10.6 Å². The Kier molecular flexibility index (Phi) is 4.94. The summed E-state index contributed by atoms with van der Waals surface area (Å²) in [4.78, 5) is 2.19. The highest BCUT2D eigenvalue weighted by Crippen LogP contribution is 2.19. The summed E-state index contributed by atoms with van der Waals surface area (Å²) in [6, 6.07) is 6.60. The first-order valence-electron chi connectivity index (χ1n) is 6.28. The third kappa shape index (κ3) is 4.35. The van der Waals surface area contributed by atoms with Gasteiger partial charge in [-0.2, -0.15) is 0 Å². The molecule has 17 heavy (non-hydrogen) atoms. The van der Waals surface area contributed by atoms with Gasteiger partial charge in [0.15, 0.2) is 0 Å². The Bertz CT molecular complexity index is 333. The van der Waals surface area contributed by atoms with Gasteiger partial charge in [0.25, 0.3) is 0 Å². The minimum absolute atomic E-state index is 0.195. The number of anilines is 1. The molecule has 0 saturated carbocycles. The minimum Gasteiger partial charge on any atom is -0.370 e. The van der Waals surface area contributed by atoms with Crippen LogP contribution >= 0.6 is 0 Å². The van der Waals surface area contributed by atoms with Crippen LogP contribution in [0.25, 0.3) is 0 Å². The van der Waals surface area contributed by atoms with Gasteiger partial charge in [-0.05, 0) is 44.5 Å². The highest BCUT2D eigenvalue weighted by molar-refractivity contribution is 5.46. The van der Waals surface area contributed by atoms with Gasteiger partial charge < -0.3 is 10.6 Å². The van der Waals surface area contributed by atoms with Crippen LogP contribution in [0.3, 0.4) is 0 Å². The molecule has 2 N–H and O–H groups in total. The lowest BCUT2D eigenvalue weighted by molar-refractivity contribution is 0.425. The van der Waals surface area contributed by atoms with Gasteiger partial charge in [-0.15, -0.1) is 0 Å². The molecule has 1 atom stereocenters. The molecular weight excluding hydrogens is 215 g/mol. The van der Waals surface area contributed by atoms with Crippen LogP contribution in [0.4, 0.5) is 10.1 Å². The molecule has 0 aliphatic carbocycles. The molecule has 0 aromatic heterocycles. The van der Waals surface area contributed by atoms with E-state index in [0.717, 1.165) is 31.6 Å². The Morgan fingerprint density at radius 3 is 2.29 bits per heavy atom. The first-order chi connectivity index (χ1) is 7.98. The van der Waals surface area contributed by atoms with Crippen molar-refractivity contribution in [3.8, 4) is 0 Å². The number of benzene rings is 1. The van der Waals surface area contributed by atoms with E-state index in [1.54, 1.807) is 12.1 Å². The van der Waals surface area contributed by atoms with Crippen LogP contribution in [-0.4, -0.2) is 18.6 Å². The molecule has 0 spiro atoms. The largest absolute Gasteiger partial charge is 0.370 e. The highest BCUT2D eigenvalue weighted by Gasteiger charge is 2.20. The lowest BCUT2D eigenvalue weighted by Crippen LogP contribution is -2.47. The Labute approximate surface area is 104 Å². The SMILES string of the molecule is CCCC(C)(N)CN(CC)c1ccc(F)cc1. The Hall–Kier alpha value is -1.09. The summed E-state index contributed by atoms with van der Waals surface area (Å²) >= 11 is 0. The van der Waals surface area contributed by atoms with Gasteiger partial charge in [-0.3, -0.25) is 0 Å². The van der Waals surface area contributed by atoms with Crippen LogP contribution in [-0.2, 0) is 0 Å². The van der Waals surface area contributed by atoms with E-state index in [1.807, 2.05) is 0 Å². The molecule has 1 rings (SSSR count). The number of nitrogens with zero attached hydrogens (tertiary/aromatic N) is 1. The molecule has 0 aliphatic heterocycles. The van der Waals surface area contributed by atoms with Gasteiger partial charge in [-0.25, -0.2) is 4.39 Å². The summed E-state index contributed by atoms with van der Waals surface area (Å²) in [5.74, 6) is -0.200. The normalized spacial score (nSPS) is 14.4. The molecule has 96 valence electrons. The molecule has 0 saturated heterocycles. The maximum atomic E-state index is 12.9. The fourth-order valence-corrected chi connectivity index (χ4v) is 2.12. The number of halogens is 1. The van der Waals surface area contributed by atoms with E-state index >= 15 is 0 Å². The summed E-state index contributed by atoms with van der Waals surface area (Å²) in [6.07, 6.45) is 2.07. The number of hydrogen-bond acceptors (Lipinski definition) is 2. The van der Waals surface area contributed by atoms with E-state index in [9.17, 15) is 4.39 Å². The minimum atomic E-state index is -0.200. The molecule has 0 heterocycles. The van der Waals surface area contributed by atoms with Crippen LogP contribution in [0.2, 0.25) is 0 Å². The van der Waals surface area contributed by atoms with E-state index in [2.05, 4.69) is 25.7 Å². The lowest BCUT2D eigenvalue weighted by atomic mass is 9.96. The predicted octanol–water partition coefficient (Wildman–Crippen LogP) is 3.17. The van der Waals surface area contributed by atoms with Crippen molar-refractivity contribution in [1.82, 2.24) is 0 Å². The molecule has 0 radical (unpaired) electrons. The van der Waals surface area contributed by atoms with E-state index < -0.39 is 0 Å². The summed E-state index contributed by atoms with van der Waals surface area (Å²) < 4.78 is 12.9. The standard InChI is InChI=1S/C14H23FN2/c1-4-10-14(3,16)11-17(5-2)13-8-6-12(15)7-9-13/h6-9H,4-5,10-11,16H2,1-3H3. The predicted molar refractivity (Wildman–Crippen MR) is 71.8 cm³/mol. The maximum absolute atomic E-state index is 12.9. The highest BCUT2D eigenvalue weighted by atomic mass is 19.1. The summed E-state index contributed by atoms with van der Waals surface area (Å²) in [7, 11) is 0. The quantitative estimate of drug-likeness (QED) is 0.824. The summed E-state index contributed by atoms with van der Waals surface area (Å²) in [6.45, 7) is 7.97. The van der Waals surface area contributed by atoms with Crippen molar-refractivity contribution in [2.24, 2.45) is 5.73 Å². The summed E-state index contributed by atoms with van der Waals surface area (Å²) in [5.41, 5.74) is 7.09. The molecule has 0 bridgehead atoms. The van der Waals surface area contributed by atoms with Gasteiger partial charge in [0.1, 0.15) is 5.82 Å². The van der Waals surface area contributed by atoms with Crippen molar-refractivity contribution in [1.29, 1.82) is 0 Å². The zero-order valence-electron chi connectivity index (χ0n) is 11.0. The van der Waals surface area contributed by atoms with Gasteiger partial charge in [0.05, 0.1) is 0 Å². The third-order valence-corrected chi connectivity index (χ3v) is 2.95. The average molecular weight is 238 g/mol. The molecule has 1 aromatic rings. The first-order valence-corrected chi connectivity index (χ1v) is 6.28. The Morgan fingerprint density at radius 2 is 1.82 bits per heavy atom. The second-order valence-corrected chi connectivity index (χ2v) is 4.89. The monoisotopic (exact) mass is 238 g/mol. The zero-order chi connectivity index (χ0) is 12.9. The van der Waals surface area contributed by atoms with Crippen molar-refractivity contribution >= 4 is 5.69 Å². The topological polar surface area (TPSA) is 29.3 Å². The second kappa shape index (κ2) is 6.01. The molecule has 1 unspecified atom stereocenters. The van der Waals surface area contributed by atoms with Crippen molar-refractivity contribution in [2.75, 3.05) is 18.0 Å². The smallest absolute Gasteiger partial charge is 0.123 e. The number of nitrogens with two attached hydrogens (primary N) is 1. The van der Waals surface area contributed by atoms with Gasteiger partial charge in [0.2, 0.25) is 0 Å². The molecule has 0 amide bonds. The van der Waals surface area contributed by atoms with E-state index in [4.69, 9.17) is 5.73 Å². The van der Waals surface area contributed by atoms with Crippen molar-refractivity contribution in [2.45, 2.75) is 39.2 Å². The van der Waals surface area contributed by atoms with Crippen molar-refractivity contribution in [3.05, 3.63) is 30.1 Å². The summed E-state index contributed by atoms with van der Waals surface area (Å²) in [5, 5.41) is 0. The zero-order valence-corrected chi connectivity index (χ0v) is 11.0. The number of likely N-dealkylation sites (N-methyl/N-ethyl adjacent to an activating group) is 1. The Balaban J connectivity index is 2.75. The first kappa shape index (κ1) is 14.0. The molecule has 3 heteroatoms. The van der Waals surface area contributed by atoms with Crippen LogP contribution in [0.1, 0.15) is 33.6 Å². The molecule has 2 nitrogen and oxygen atoms in total. The fraction of sp³-hybridized carbons (Fsp3) is 0.571. The van der Waals surface area contributed by atoms with Crippen LogP contribution in [0.5, 0.6) is 0 Å². The fourth-order valence-electron chi connectivity index (χ4n) is 2.12. The lowest BCUT2D eigenvalue weighted by Gasteiger charge is -2.33. The Morgan fingerprint density at radius 1 is 1.24 bits per heavy atom. The molecule has 0 aliphatic rings. The third-order valence-electron chi connectivity index (χ3n) is 2.95. The average Bonchev–Trinajstić information content (AvgIpc) is 2.27. The molecule has 0 fully saturated rings. The van der Waals surface area contributed by atoms with Crippen molar-refractivity contribution in [3.63, 3.8) is 0 Å². The van der Waals surface area contributed by atoms with E-state index in [-0.39, 0.29) is 11.4 Å². The van der Waals surface area contributed by atoms with Crippen molar-refractivity contribution < 1.29 is 4.39 Å². The molecule has 1 aromatic carbocycles. The number of rotatable bonds is 6.